The number of likely N-dealkylation sites (tertiary alicyclic amines) is 1. The molecule has 0 aromatic carbocycles. The summed E-state index contributed by atoms with van der Waals surface area (Å²) in [6, 6.07) is 1.28. The number of alkyl halides is 2. The predicted molar refractivity (Wildman–Crippen MR) is 89.7 cm³/mol. The van der Waals surface area contributed by atoms with E-state index in [0.29, 0.717) is 19.5 Å². The Hall–Kier alpha value is -2.07. The first kappa shape index (κ1) is 18.7. The third kappa shape index (κ3) is 4.18. The summed E-state index contributed by atoms with van der Waals surface area (Å²) in [6.07, 6.45) is 0.555. The molecular weight excluding hydrogens is 348 g/mol. The Kier molecular flexibility index (Phi) is 5.52. The summed E-state index contributed by atoms with van der Waals surface area (Å²) in [6.45, 7) is 2.31. The fourth-order valence-corrected chi connectivity index (χ4v) is 3.33. The van der Waals surface area contributed by atoms with Gasteiger partial charge in [0.2, 0.25) is 12.1 Å². The normalized spacial score (nSPS) is 25.2. The van der Waals surface area contributed by atoms with Crippen LogP contribution in [0.2, 0.25) is 0 Å². The Bertz CT molecular complexity index is 711. The van der Waals surface area contributed by atoms with Crippen molar-refractivity contribution in [1.29, 1.82) is 0 Å². The molecule has 0 spiro atoms. The van der Waals surface area contributed by atoms with Crippen LogP contribution in [-0.2, 0) is 9.53 Å². The van der Waals surface area contributed by atoms with Crippen molar-refractivity contribution in [3.63, 3.8) is 0 Å². The van der Waals surface area contributed by atoms with E-state index in [1.807, 2.05) is 4.90 Å². The first-order valence-corrected chi connectivity index (χ1v) is 8.73. The van der Waals surface area contributed by atoms with Gasteiger partial charge in [0.05, 0.1) is 6.10 Å². The molecule has 3 N–H and O–H groups in total. The molecule has 0 unspecified atom stereocenters. The van der Waals surface area contributed by atoms with Gasteiger partial charge in [-0.1, -0.05) is 0 Å². The fraction of sp³-hybridized carbons (Fsp3) is 0.688. The number of ether oxygens (including phenoxy) is 1. The number of halogens is 2. The van der Waals surface area contributed by atoms with E-state index in [9.17, 15) is 18.4 Å². The highest BCUT2D eigenvalue weighted by Gasteiger charge is 2.51. The standard InChI is InChI=1S/C16H23F2N5O3/c17-16(18)9-11(10-20-5-2-7-22-6-1-3-13(22)24)26-14(16)23-8-4-12(19)21-15(23)25/h4,8,11,14,20H,1-3,5-7,9-10H2,(H2,19,21,25)/t11-,14+/m0/s1. The summed E-state index contributed by atoms with van der Waals surface area (Å²) in [5, 5.41) is 3.08. The van der Waals surface area contributed by atoms with Crippen molar-refractivity contribution in [1.82, 2.24) is 19.8 Å². The molecule has 2 aliphatic heterocycles. The van der Waals surface area contributed by atoms with Gasteiger partial charge in [-0.15, -0.1) is 0 Å². The number of amides is 1. The van der Waals surface area contributed by atoms with E-state index < -0.39 is 30.4 Å². The Morgan fingerprint density at radius 2 is 2.23 bits per heavy atom. The second-order valence-corrected chi connectivity index (χ2v) is 6.66. The van der Waals surface area contributed by atoms with E-state index >= 15 is 0 Å². The average Bonchev–Trinajstić information content (AvgIpc) is 3.10. The van der Waals surface area contributed by atoms with Crippen molar-refractivity contribution in [3.05, 3.63) is 22.7 Å². The minimum Gasteiger partial charge on any atom is -0.383 e. The molecule has 1 amide bonds. The summed E-state index contributed by atoms with van der Waals surface area (Å²) >= 11 is 0. The summed E-state index contributed by atoms with van der Waals surface area (Å²) in [5.74, 6) is -3.02. The molecule has 2 fully saturated rings. The van der Waals surface area contributed by atoms with Gasteiger partial charge in [-0.25, -0.2) is 13.6 Å². The van der Waals surface area contributed by atoms with Gasteiger partial charge in [-0.2, -0.15) is 4.98 Å². The average molecular weight is 371 g/mol. The molecular formula is C16H23F2N5O3. The molecule has 8 nitrogen and oxygen atoms in total. The molecule has 3 rings (SSSR count). The third-order valence-electron chi connectivity index (χ3n) is 4.61. The van der Waals surface area contributed by atoms with Crippen molar-refractivity contribution in [2.45, 2.75) is 43.9 Å². The lowest BCUT2D eigenvalue weighted by Gasteiger charge is -2.19. The highest BCUT2D eigenvalue weighted by atomic mass is 19.3. The molecule has 3 heterocycles. The SMILES string of the molecule is Nc1ccn([C@@H]2O[C@H](CNCCCN3CCCC3=O)CC2(F)F)c(=O)n1. The zero-order valence-electron chi connectivity index (χ0n) is 14.4. The highest BCUT2D eigenvalue weighted by molar-refractivity contribution is 5.77. The molecule has 2 saturated heterocycles. The molecule has 10 heteroatoms. The van der Waals surface area contributed by atoms with Crippen molar-refractivity contribution in [3.8, 4) is 0 Å². The zero-order chi connectivity index (χ0) is 18.7. The molecule has 0 saturated carbocycles. The first-order valence-electron chi connectivity index (χ1n) is 8.73. The Labute approximate surface area is 149 Å². The Morgan fingerprint density at radius 3 is 2.92 bits per heavy atom. The van der Waals surface area contributed by atoms with Gasteiger partial charge in [0.25, 0.3) is 5.92 Å². The third-order valence-corrected chi connectivity index (χ3v) is 4.61. The monoisotopic (exact) mass is 371 g/mol. The van der Waals surface area contributed by atoms with Gasteiger partial charge in [0.1, 0.15) is 5.82 Å². The van der Waals surface area contributed by atoms with Gasteiger partial charge in [0, 0.05) is 38.7 Å². The van der Waals surface area contributed by atoms with E-state index in [2.05, 4.69) is 10.3 Å². The maximum atomic E-state index is 14.2. The molecule has 0 aliphatic carbocycles. The largest absolute Gasteiger partial charge is 0.383 e. The van der Waals surface area contributed by atoms with Gasteiger partial charge in [-0.05, 0) is 25.5 Å². The fourth-order valence-electron chi connectivity index (χ4n) is 3.33. The zero-order valence-corrected chi connectivity index (χ0v) is 14.4. The smallest absolute Gasteiger partial charge is 0.351 e. The molecule has 2 aliphatic rings. The number of hydrogen-bond donors (Lipinski definition) is 2. The van der Waals surface area contributed by atoms with Crippen LogP contribution in [-0.4, -0.2) is 58.6 Å². The van der Waals surface area contributed by atoms with Crippen LogP contribution in [0, 0.1) is 0 Å². The maximum Gasteiger partial charge on any atom is 0.351 e. The minimum absolute atomic E-state index is 0.0257. The summed E-state index contributed by atoms with van der Waals surface area (Å²) < 4.78 is 34.6. The number of nitrogen functional groups attached to an aromatic ring is 1. The van der Waals surface area contributed by atoms with Crippen LogP contribution in [0.5, 0.6) is 0 Å². The van der Waals surface area contributed by atoms with Crippen molar-refractivity contribution in [2.75, 3.05) is 31.9 Å². The highest BCUT2D eigenvalue weighted by Crippen LogP contribution is 2.41. The van der Waals surface area contributed by atoms with E-state index in [-0.39, 0.29) is 18.3 Å². The second-order valence-electron chi connectivity index (χ2n) is 6.66. The molecule has 1 aromatic rings. The number of carbonyl (C=O) groups excluding carboxylic acids is 1. The number of aromatic nitrogens is 2. The van der Waals surface area contributed by atoms with E-state index in [0.717, 1.165) is 24.0 Å². The molecule has 0 radical (unpaired) electrons. The van der Waals surface area contributed by atoms with Crippen LogP contribution in [0.1, 0.15) is 31.9 Å². The van der Waals surface area contributed by atoms with Crippen LogP contribution in [0.25, 0.3) is 0 Å². The van der Waals surface area contributed by atoms with Gasteiger partial charge < -0.3 is 20.7 Å². The van der Waals surface area contributed by atoms with Crippen molar-refractivity contribution in [2.24, 2.45) is 0 Å². The topological polar surface area (TPSA) is 102 Å². The van der Waals surface area contributed by atoms with Gasteiger partial charge in [-0.3, -0.25) is 9.36 Å². The number of carbonyl (C=O) groups is 1. The number of nitrogens with one attached hydrogen (secondary N) is 1. The van der Waals surface area contributed by atoms with E-state index in [1.54, 1.807) is 0 Å². The lowest BCUT2D eigenvalue weighted by atomic mass is 10.2. The van der Waals surface area contributed by atoms with Crippen LogP contribution < -0.4 is 16.7 Å². The van der Waals surface area contributed by atoms with Crippen LogP contribution in [0.4, 0.5) is 14.6 Å². The van der Waals surface area contributed by atoms with Crippen molar-refractivity contribution < 1.29 is 18.3 Å². The predicted octanol–water partition coefficient (Wildman–Crippen LogP) is 0.350. The van der Waals surface area contributed by atoms with E-state index in [4.69, 9.17) is 10.5 Å². The number of nitrogens with two attached hydrogens (primary N) is 1. The summed E-state index contributed by atoms with van der Waals surface area (Å²) in [4.78, 5) is 28.6. The van der Waals surface area contributed by atoms with Crippen LogP contribution in [0.3, 0.4) is 0 Å². The molecule has 1 aromatic heterocycles. The molecule has 144 valence electrons. The Balaban J connectivity index is 1.47. The second kappa shape index (κ2) is 7.67. The molecule has 2 atom stereocenters. The first-order chi connectivity index (χ1) is 12.4. The lowest BCUT2D eigenvalue weighted by molar-refractivity contribution is -0.127. The van der Waals surface area contributed by atoms with Crippen molar-refractivity contribution >= 4 is 11.7 Å². The number of hydrogen-bond acceptors (Lipinski definition) is 6. The number of nitrogens with zero attached hydrogens (tertiary/aromatic N) is 3. The summed E-state index contributed by atoms with van der Waals surface area (Å²) in [5.41, 5.74) is 4.52. The number of rotatable bonds is 7. The van der Waals surface area contributed by atoms with Crippen LogP contribution in [0.15, 0.2) is 17.1 Å². The van der Waals surface area contributed by atoms with Crippen LogP contribution >= 0.6 is 0 Å². The summed E-state index contributed by atoms with van der Waals surface area (Å²) in [7, 11) is 0. The van der Waals surface area contributed by atoms with E-state index in [1.165, 1.54) is 12.3 Å². The minimum atomic E-state index is -3.17. The molecule has 26 heavy (non-hydrogen) atoms. The molecule has 0 bridgehead atoms. The lowest BCUT2D eigenvalue weighted by Crippen LogP contribution is -2.35. The quantitative estimate of drug-likeness (QED) is 0.671. The number of anilines is 1. The van der Waals surface area contributed by atoms with Gasteiger partial charge in [0.15, 0.2) is 0 Å². The maximum absolute atomic E-state index is 14.2. The Morgan fingerprint density at radius 1 is 1.42 bits per heavy atom. The van der Waals surface area contributed by atoms with Gasteiger partial charge >= 0.3 is 5.69 Å².